The van der Waals surface area contributed by atoms with Crippen molar-refractivity contribution in [1.82, 2.24) is 5.32 Å². The van der Waals surface area contributed by atoms with Crippen LogP contribution >= 0.6 is 0 Å². The molecule has 2 unspecified atom stereocenters. The van der Waals surface area contributed by atoms with Gasteiger partial charge in [-0.2, -0.15) is 0 Å². The van der Waals surface area contributed by atoms with E-state index in [2.05, 4.69) is 31.3 Å². The van der Waals surface area contributed by atoms with Crippen molar-refractivity contribution in [3.05, 3.63) is 12.2 Å². The molecule has 0 aromatic heterocycles. The SMILES string of the molecule is CCCCCCCC/C=C\CCCCCCCC(=O)OCCCCCCCCCCCCCCCCCCCCCCCCCCCCC(=O)NC(CO)C(O)CCCCCCCCCCCCCCCCCCCCCCCCC. The molecule has 81 heavy (non-hydrogen) atoms. The zero-order valence-electron chi connectivity index (χ0n) is 55.3. The fourth-order valence-corrected chi connectivity index (χ4v) is 12.1. The van der Waals surface area contributed by atoms with E-state index in [1.165, 1.54) is 353 Å². The highest BCUT2D eigenvalue weighted by Crippen LogP contribution is 2.20. The Morgan fingerprint density at radius 1 is 0.333 bits per heavy atom. The molecule has 2 atom stereocenters. The monoisotopic (exact) mass is 1140 g/mol. The van der Waals surface area contributed by atoms with Crippen LogP contribution in [0, 0.1) is 0 Å². The molecular formula is C75H147NO5. The Balaban J connectivity index is 3.35. The average molecular weight is 1140 g/mol. The number of aliphatic hydroxyl groups is 2. The lowest BCUT2D eigenvalue weighted by Gasteiger charge is -2.22. The van der Waals surface area contributed by atoms with Crippen molar-refractivity contribution in [3.8, 4) is 0 Å². The number of amides is 1. The molecule has 0 radical (unpaired) electrons. The molecule has 0 bridgehead atoms. The average Bonchev–Trinajstić information content (AvgIpc) is 3.47. The van der Waals surface area contributed by atoms with Crippen LogP contribution in [0.1, 0.15) is 431 Å². The number of esters is 1. The Morgan fingerprint density at radius 2 is 0.580 bits per heavy atom. The van der Waals surface area contributed by atoms with Crippen LogP contribution in [0.25, 0.3) is 0 Å². The van der Waals surface area contributed by atoms with E-state index >= 15 is 0 Å². The van der Waals surface area contributed by atoms with Gasteiger partial charge in [0, 0.05) is 12.8 Å². The van der Waals surface area contributed by atoms with Gasteiger partial charge in [0.15, 0.2) is 0 Å². The lowest BCUT2D eigenvalue weighted by Crippen LogP contribution is -2.45. The van der Waals surface area contributed by atoms with Crippen LogP contribution in [-0.4, -0.2) is 47.4 Å². The standard InChI is InChI=1S/C75H147NO5/c1-3-5-7-9-11-13-15-17-19-20-21-22-27-30-33-36-40-43-47-51-55-59-63-67-73(78)72(71-77)76-74(79)68-64-60-56-52-48-44-41-37-34-31-28-25-23-24-26-29-32-35-38-42-46-50-54-58-62-66-70-81-75(80)69-65-61-57-53-49-45-39-18-16-14-12-10-8-6-4-2/h18,39,72-73,77-78H,3-17,19-38,40-71H2,1-2H3,(H,76,79)/b39-18-. The first-order valence-electron chi connectivity index (χ1n) is 37.4. The maximum atomic E-state index is 12.6. The Kier molecular flexibility index (Phi) is 69.9. The van der Waals surface area contributed by atoms with E-state index in [0.29, 0.717) is 25.9 Å². The number of allylic oxidation sites excluding steroid dienone is 2. The van der Waals surface area contributed by atoms with Crippen molar-refractivity contribution in [2.24, 2.45) is 0 Å². The summed E-state index contributed by atoms with van der Waals surface area (Å²) in [5, 5.41) is 23.5. The summed E-state index contributed by atoms with van der Waals surface area (Å²) in [7, 11) is 0. The predicted molar refractivity (Wildman–Crippen MR) is 357 cm³/mol. The Bertz CT molecular complexity index is 1220. The van der Waals surface area contributed by atoms with Crippen LogP contribution in [0.15, 0.2) is 12.2 Å². The van der Waals surface area contributed by atoms with Gasteiger partial charge in [0.05, 0.1) is 25.4 Å². The molecule has 0 aromatic rings. The molecule has 482 valence electrons. The molecule has 1 amide bonds. The quantitative estimate of drug-likeness (QED) is 0.0320. The number of carbonyl (C=O) groups excluding carboxylic acids is 2. The minimum Gasteiger partial charge on any atom is -0.466 e. The van der Waals surface area contributed by atoms with Gasteiger partial charge in [-0.3, -0.25) is 9.59 Å². The first-order valence-corrected chi connectivity index (χ1v) is 37.4. The number of ether oxygens (including phenoxy) is 1. The van der Waals surface area contributed by atoms with E-state index in [1.54, 1.807) is 0 Å². The lowest BCUT2D eigenvalue weighted by molar-refractivity contribution is -0.143. The van der Waals surface area contributed by atoms with Crippen molar-refractivity contribution < 1.29 is 24.5 Å². The summed E-state index contributed by atoms with van der Waals surface area (Å²) < 4.78 is 5.49. The molecule has 0 spiro atoms. The largest absolute Gasteiger partial charge is 0.466 e. The zero-order chi connectivity index (χ0) is 58.5. The van der Waals surface area contributed by atoms with Gasteiger partial charge in [0.2, 0.25) is 5.91 Å². The molecule has 0 aromatic carbocycles. The molecule has 0 aliphatic carbocycles. The highest BCUT2D eigenvalue weighted by molar-refractivity contribution is 5.76. The summed E-state index contributed by atoms with van der Waals surface area (Å²) >= 11 is 0. The second kappa shape index (κ2) is 71.1. The van der Waals surface area contributed by atoms with Gasteiger partial charge in [-0.1, -0.05) is 379 Å². The molecule has 3 N–H and O–H groups in total. The van der Waals surface area contributed by atoms with Crippen LogP contribution in [0.5, 0.6) is 0 Å². The van der Waals surface area contributed by atoms with Crippen molar-refractivity contribution in [2.75, 3.05) is 13.2 Å². The molecule has 6 nitrogen and oxygen atoms in total. The number of hydrogen-bond donors (Lipinski definition) is 3. The number of aliphatic hydroxyl groups excluding tert-OH is 2. The smallest absolute Gasteiger partial charge is 0.305 e. The Labute approximate surface area is 508 Å². The fourth-order valence-electron chi connectivity index (χ4n) is 12.1. The number of hydrogen-bond acceptors (Lipinski definition) is 5. The van der Waals surface area contributed by atoms with Crippen molar-refractivity contribution in [3.63, 3.8) is 0 Å². The summed E-state index contributed by atoms with van der Waals surface area (Å²) in [6.45, 7) is 4.99. The number of rotatable bonds is 71. The molecule has 6 heteroatoms. The van der Waals surface area contributed by atoms with Gasteiger partial charge >= 0.3 is 5.97 Å². The summed E-state index contributed by atoms with van der Waals surface area (Å²) in [6.07, 6.45) is 88.5. The minimum atomic E-state index is -0.664. The molecule has 0 aliphatic heterocycles. The van der Waals surface area contributed by atoms with E-state index in [-0.39, 0.29) is 18.5 Å². The summed E-state index contributed by atoms with van der Waals surface area (Å²) in [5.74, 6) is -0.0165. The highest BCUT2D eigenvalue weighted by Gasteiger charge is 2.20. The molecule has 0 rings (SSSR count). The van der Waals surface area contributed by atoms with E-state index in [4.69, 9.17) is 4.74 Å². The number of unbranched alkanes of at least 4 members (excludes halogenated alkanes) is 58. The van der Waals surface area contributed by atoms with Gasteiger partial charge < -0.3 is 20.3 Å². The normalized spacial score (nSPS) is 12.5. The Hall–Kier alpha value is -1.40. The number of carbonyl (C=O) groups is 2. The van der Waals surface area contributed by atoms with Gasteiger partial charge in [0.25, 0.3) is 0 Å². The first-order chi connectivity index (χ1) is 40.0. The van der Waals surface area contributed by atoms with Crippen LogP contribution < -0.4 is 5.32 Å². The van der Waals surface area contributed by atoms with Gasteiger partial charge in [0.1, 0.15) is 0 Å². The predicted octanol–water partition coefficient (Wildman–Crippen LogP) is 24.3. The topological polar surface area (TPSA) is 95.9 Å². The maximum Gasteiger partial charge on any atom is 0.305 e. The van der Waals surface area contributed by atoms with E-state index in [1.807, 2.05) is 0 Å². The molecule has 0 saturated heterocycles. The van der Waals surface area contributed by atoms with E-state index < -0.39 is 12.1 Å². The van der Waals surface area contributed by atoms with Crippen molar-refractivity contribution in [2.45, 2.75) is 443 Å². The fraction of sp³-hybridized carbons (Fsp3) is 0.947. The van der Waals surface area contributed by atoms with Crippen LogP contribution in [0.2, 0.25) is 0 Å². The first kappa shape index (κ1) is 79.6. The second-order valence-electron chi connectivity index (χ2n) is 26.0. The maximum absolute atomic E-state index is 12.6. The van der Waals surface area contributed by atoms with Crippen molar-refractivity contribution >= 4 is 11.9 Å². The molecular weight excluding hydrogens is 995 g/mol. The van der Waals surface area contributed by atoms with Crippen LogP contribution in [-0.2, 0) is 14.3 Å². The van der Waals surface area contributed by atoms with Gasteiger partial charge in [-0.25, -0.2) is 0 Å². The van der Waals surface area contributed by atoms with Crippen molar-refractivity contribution in [1.29, 1.82) is 0 Å². The van der Waals surface area contributed by atoms with Gasteiger partial charge in [-0.05, 0) is 51.4 Å². The molecule has 0 saturated carbocycles. The molecule has 0 aliphatic rings. The summed E-state index contributed by atoms with van der Waals surface area (Å²) in [4.78, 5) is 24.6. The summed E-state index contributed by atoms with van der Waals surface area (Å²) in [6, 6.07) is -0.540. The van der Waals surface area contributed by atoms with Gasteiger partial charge in [-0.15, -0.1) is 0 Å². The van der Waals surface area contributed by atoms with E-state index in [9.17, 15) is 19.8 Å². The third-order valence-corrected chi connectivity index (χ3v) is 17.8. The third-order valence-electron chi connectivity index (χ3n) is 17.8. The lowest BCUT2D eigenvalue weighted by atomic mass is 10.0. The van der Waals surface area contributed by atoms with Crippen LogP contribution in [0.3, 0.4) is 0 Å². The molecule has 0 heterocycles. The summed E-state index contributed by atoms with van der Waals surface area (Å²) in [5.41, 5.74) is 0. The number of nitrogens with one attached hydrogen (secondary N) is 1. The highest BCUT2D eigenvalue weighted by atomic mass is 16.5. The zero-order valence-corrected chi connectivity index (χ0v) is 55.3. The van der Waals surface area contributed by atoms with E-state index in [0.717, 1.165) is 44.9 Å². The second-order valence-corrected chi connectivity index (χ2v) is 26.0. The molecule has 0 fully saturated rings. The Morgan fingerprint density at radius 3 is 0.877 bits per heavy atom. The third kappa shape index (κ3) is 67.6. The van der Waals surface area contributed by atoms with Crippen LogP contribution in [0.4, 0.5) is 0 Å². The minimum absolute atomic E-state index is 0.0107.